The molecule has 2 unspecified atom stereocenters. The maximum Gasteiger partial charge on any atom is 0.329 e. The summed E-state index contributed by atoms with van der Waals surface area (Å²) in [6.07, 6.45) is 0. The van der Waals surface area contributed by atoms with Crippen molar-refractivity contribution in [2.75, 3.05) is 7.11 Å². The SMILES string of the molecule is COC(=O)C1(C#N)C(c2ccc([N+](=O)[O-])cc2)C1(C#N)C#N. The fraction of sp³-hybridized carbons (Fsp3) is 0.286. The number of nitro groups is 1. The summed E-state index contributed by atoms with van der Waals surface area (Å²) in [5.41, 5.74) is -3.66. The maximum absolute atomic E-state index is 12.0. The Bertz CT molecular complexity index is 767. The lowest BCUT2D eigenvalue weighted by atomic mass is 9.97. The van der Waals surface area contributed by atoms with E-state index in [0.717, 1.165) is 7.11 Å². The van der Waals surface area contributed by atoms with Gasteiger partial charge in [0.05, 0.1) is 36.2 Å². The highest BCUT2D eigenvalue weighted by Gasteiger charge is 2.85. The molecule has 0 heterocycles. The Balaban J connectivity index is 2.57. The topological polar surface area (TPSA) is 141 Å². The van der Waals surface area contributed by atoms with Gasteiger partial charge < -0.3 is 4.74 Å². The Hall–Kier alpha value is -3.44. The molecule has 0 amide bonds. The second-order valence-corrected chi connectivity index (χ2v) is 4.72. The van der Waals surface area contributed by atoms with Crippen molar-refractivity contribution in [1.29, 1.82) is 15.8 Å². The molecule has 1 aromatic carbocycles. The van der Waals surface area contributed by atoms with Crippen molar-refractivity contribution < 1.29 is 14.5 Å². The van der Waals surface area contributed by atoms with Gasteiger partial charge in [-0.25, -0.2) is 0 Å². The quantitative estimate of drug-likeness (QED) is 0.466. The van der Waals surface area contributed by atoms with Crippen LogP contribution in [-0.2, 0) is 9.53 Å². The number of nitro benzene ring substituents is 1. The summed E-state index contributed by atoms with van der Waals surface area (Å²) in [6, 6.07) is 10.2. The molecule has 1 aliphatic rings. The van der Waals surface area contributed by atoms with Gasteiger partial charge in [-0.1, -0.05) is 12.1 Å². The lowest BCUT2D eigenvalue weighted by molar-refractivity contribution is -0.384. The van der Waals surface area contributed by atoms with Gasteiger partial charge in [0.2, 0.25) is 0 Å². The standard InChI is InChI=1S/C14H8N4O4/c1-22-12(19)14(8-17)11(13(14,6-15)7-16)9-2-4-10(5-3-9)18(20)21/h2-5,11H,1H3. The summed E-state index contributed by atoms with van der Waals surface area (Å²) < 4.78 is 4.57. The van der Waals surface area contributed by atoms with Gasteiger partial charge in [0.1, 0.15) is 0 Å². The summed E-state index contributed by atoms with van der Waals surface area (Å²) in [6.45, 7) is 0. The molecule has 8 heteroatoms. The molecule has 1 saturated carbocycles. The van der Waals surface area contributed by atoms with Gasteiger partial charge in [0.25, 0.3) is 5.69 Å². The zero-order chi connectivity index (χ0) is 16.5. The van der Waals surface area contributed by atoms with Crippen molar-refractivity contribution >= 4 is 11.7 Å². The number of hydrogen-bond donors (Lipinski definition) is 0. The molecule has 0 N–H and O–H groups in total. The molecule has 8 nitrogen and oxygen atoms in total. The number of ether oxygens (including phenoxy) is 1. The molecular weight excluding hydrogens is 288 g/mol. The second kappa shape index (κ2) is 4.83. The van der Waals surface area contributed by atoms with E-state index in [9.17, 15) is 30.7 Å². The van der Waals surface area contributed by atoms with Gasteiger partial charge in [0, 0.05) is 12.1 Å². The van der Waals surface area contributed by atoms with Crippen LogP contribution in [0.1, 0.15) is 11.5 Å². The molecule has 1 aliphatic carbocycles. The van der Waals surface area contributed by atoms with Crippen LogP contribution in [0.5, 0.6) is 0 Å². The molecule has 0 saturated heterocycles. The molecule has 1 fully saturated rings. The van der Waals surface area contributed by atoms with Gasteiger partial charge in [-0.15, -0.1) is 0 Å². The lowest BCUT2D eigenvalue weighted by Crippen LogP contribution is -2.22. The molecule has 0 aromatic heterocycles. The number of carbonyl (C=O) groups excluding carboxylic acids is 1. The van der Waals surface area contributed by atoms with E-state index in [-0.39, 0.29) is 5.69 Å². The minimum absolute atomic E-state index is 0.176. The lowest BCUT2D eigenvalue weighted by Gasteiger charge is -2.05. The van der Waals surface area contributed by atoms with Crippen molar-refractivity contribution in [1.82, 2.24) is 0 Å². The highest BCUT2D eigenvalue weighted by molar-refractivity contribution is 5.91. The Morgan fingerprint density at radius 1 is 1.23 bits per heavy atom. The number of non-ortho nitro benzene ring substituents is 1. The van der Waals surface area contributed by atoms with Crippen LogP contribution >= 0.6 is 0 Å². The van der Waals surface area contributed by atoms with Crippen LogP contribution in [0.3, 0.4) is 0 Å². The molecule has 0 spiro atoms. The van der Waals surface area contributed by atoms with E-state index in [1.165, 1.54) is 24.3 Å². The first-order valence-electron chi connectivity index (χ1n) is 6.01. The molecule has 0 aliphatic heterocycles. The van der Waals surface area contributed by atoms with Gasteiger partial charge in [-0.2, -0.15) is 15.8 Å². The number of carbonyl (C=O) groups is 1. The third kappa shape index (κ3) is 1.57. The number of methoxy groups -OCH3 is 1. The third-order valence-corrected chi connectivity index (χ3v) is 3.88. The number of benzene rings is 1. The molecule has 1 aromatic rings. The van der Waals surface area contributed by atoms with Crippen molar-refractivity contribution in [3.63, 3.8) is 0 Å². The summed E-state index contributed by atoms with van der Waals surface area (Å²) >= 11 is 0. The normalized spacial score (nSPS) is 24.2. The van der Waals surface area contributed by atoms with E-state index in [1.807, 2.05) is 0 Å². The number of nitrogens with zero attached hydrogens (tertiary/aromatic N) is 4. The molecule has 2 rings (SSSR count). The van der Waals surface area contributed by atoms with Crippen LogP contribution in [0.25, 0.3) is 0 Å². The summed E-state index contributed by atoms with van der Waals surface area (Å²) in [4.78, 5) is 22.0. The summed E-state index contributed by atoms with van der Waals surface area (Å²) in [7, 11) is 1.06. The highest BCUT2D eigenvalue weighted by atomic mass is 16.6. The molecular formula is C14H8N4O4. The third-order valence-electron chi connectivity index (χ3n) is 3.88. The Kier molecular flexibility index (Phi) is 3.29. The highest BCUT2D eigenvalue weighted by Crippen LogP contribution is 2.74. The van der Waals surface area contributed by atoms with E-state index in [1.54, 1.807) is 18.2 Å². The Morgan fingerprint density at radius 3 is 2.14 bits per heavy atom. The van der Waals surface area contributed by atoms with Crippen LogP contribution < -0.4 is 0 Å². The van der Waals surface area contributed by atoms with Crippen LogP contribution in [0.4, 0.5) is 5.69 Å². The molecule has 108 valence electrons. The fourth-order valence-corrected chi connectivity index (χ4v) is 2.73. The molecule has 2 atom stereocenters. The van der Waals surface area contributed by atoms with Gasteiger partial charge in [0.15, 0.2) is 10.8 Å². The molecule has 22 heavy (non-hydrogen) atoms. The number of rotatable bonds is 3. The first kappa shape index (κ1) is 15.0. The van der Waals surface area contributed by atoms with Crippen molar-refractivity contribution in [3.8, 4) is 18.2 Å². The maximum atomic E-state index is 12.0. The van der Waals surface area contributed by atoms with Crippen molar-refractivity contribution in [2.24, 2.45) is 10.8 Å². The van der Waals surface area contributed by atoms with E-state index in [0.29, 0.717) is 5.56 Å². The van der Waals surface area contributed by atoms with Crippen LogP contribution in [0.2, 0.25) is 0 Å². The second-order valence-electron chi connectivity index (χ2n) is 4.72. The number of esters is 1. The molecule has 0 radical (unpaired) electrons. The smallest absolute Gasteiger partial charge is 0.329 e. The predicted octanol–water partition coefficient (Wildman–Crippen LogP) is 1.41. The monoisotopic (exact) mass is 296 g/mol. The van der Waals surface area contributed by atoms with Gasteiger partial charge in [-0.05, 0) is 5.56 Å². The van der Waals surface area contributed by atoms with Crippen molar-refractivity contribution in [2.45, 2.75) is 5.92 Å². The largest absolute Gasteiger partial charge is 0.468 e. The van der Waals surface area contributed by atoms with Crippen molar-refractivity contribution in [3.05, 3.63) is 39.9 Å². The zero-order valence-electron chi connectivity index (χ0n) is 11.3. The Morgan fingerprint density at radius 2 is 1.77 bits per heavy atom. The summed E-state index contributed by atoms with van der Waals surface area (Å²) in [5, 5.41) is 38.6. The number of nitriles is 3. The van der Waals surface area contributed by atoms with Crippen LogP contribution in [0, 0.1) is 54.9 Å². The number of hydrogen-bond acceptors (Lipinski definition) is 7. The van der Waals surface area contributed by atoms with Gasteiger partial charge >= 0.3 is 5.97 Å². The van der Waals surface area contributed by atoms with Gasteiger partial charge in [-0.3, -0.25) is 14.9 Å². The minimum atomic E-state index is -1.93. The predicted molar refractivity (Wildman–Crippen MR) is 69.6 cm³/mol. The average Bonchev–Trinajstić information content (AvgIpc) is 3.17. The van der Waals surface area contributed by atoms with E-state index < -0.39 is 27.6 Å². The fourth-order valence-electron chi connectivity index (χ4n) is 2.73. The Labute approximate surface area is 124 Å². The van der Waals surface area contributed by atoms with Crippen LogP contribution in [0.15, 0.2) is 24.3 Å². The summed E-state index contributed by atoms with van der Waals surface area (Å²) in [5.74, 6) is -1.99. The van der Waals surface area contributed by atoms with E-state index >= 15 is 0 Å². The molecule has 0 bridgehead atoms. The first-order valence-corrected chi connectivity index (χ1v) is 6.01. The van der Waals surface area contributed by atoms with Crippen LogP contribution in [-0.4, -0.2) is 18.0 Å². The first-order chi connectivity index (χ1) is 10.4. The van der Waals surface area contributed by atoms with E-state index in [2.05, 4.69) is 4.74 Å². The minimum Gasteiger partial charge on any atom is -0.468 e. The average molecular weight is 296 g/mol. The van der Waals surface area contributed by atoms with E-state index in [4.69, 9.17) is 0 Å². The zero-order valence-corrected chi connectivity index (χ0v) is 11.3.